The van der Waals surface area contributed by atoms with Gasteiger partial charge in [-0.3, -0.25) is 14.5 Å². The quantitative estimate of drug-likeness (QED) is 0.824. The van der Waals surface area contributed by atoms with Gasteiger partial charge in [0.25, 0.3) is 0 Å². The van der Waals surface area contributed by atoms with Gasteiger partial charge in [0, 0.05) is 25.6 Å². The molecule has 1 aliphatic heterocycles. The molecule has 0 radical (unpaired) electrons. The molecule has 1 aromatic rings. The van der Waals surface area contributed by atoms with Crippen molar-refractivity contribution in [2.45, 2.75) is 13.3 Å². The van der Waals surface area contributed by atoms with Crippen LogP contribution in [0.3, 0.4) is 0 Å². The predicted molar refractivity (Wildman–Crippen MR) is 78.3 cm³/mol. The van der Waals surface area contributed by atoms with Crippen molar-refractivity contribution in [3.8, 4) is 0 Å². The molecule has 1 amide bonds. The normalized spacial score (nSPS) is 19.0. The van der Waals surface area contributed by atoms with Crippen LogP contribution < -0.4 is 4.90 Å². The Balaban J connectivity index is 2.11. The van der Waals surface area contributed by atoms with Crippen molar-refractivity contribution in [1.29, 1.82) is 0 Å². The molecule has 0 aliphatic carbocycles. The Morgan fingerprint density at radius 2 is 2.42 bits per heavy atom. The number of nitrogens with zero attached hydrogens (tertiary/aromatic N) is 3. The highest BCUT2D eigenvalue weighted by Crippen LogP contribution is 2.30. The number of aromatic nitrogens is 2. The largest absolute Gasteiger partial charge is 0.294 e. The minimum absolute atomic E-state index is 0.0218. The maximum absolute atomic E-state index is 12.0. The number of hydrogen-bond acceptors (Lipinski definition) is 5. The Morgan fingerprint density at radius 3 is 3.11 bits per heavy atom. The summed E-state index contributed by atoms with van der Waals surface area (Å²) in [7, 11) is 0. The Hall–Kier alpha value is -0.660. The summed E-state index contributed by atoms with van der Waals surface area (Å²) in [5, 5.41) is 0.308. The van der Waals surface area contributed by atoms with Crippen molar-refractivity contribution in [3.05, 3.63) is 16.0 Å². The maximum Gasteiger partial charge on any atom is 0.228 e. The number of thioether (sulfide) groups is 1. The number of hydrogen-bond donors (Lipinski definition) is 0. The van der Waals surface area contributed by atoms with Crippen LogP contribution >= 0.6 is 39.3 Å². The lowest BCUT2D eigenvalue weighted by Gasteiger charge is -2.16. The van der Waals surface area contributed by atoms with Crippen molar-refractivity contribution in [1.82, 2.24) is 9.97 Å². The van der Waals surface area contributed by atoms with E-state index in [2.05, 4.69) is 25.9 Å². The van der Waals surface area contributed by atoms with E-state index < -0.39 is 0 Å². The lowest BCUT2D eigenvalue weighted by atomic mass is 10.1. The highest BCUT2D eigenvalue weighted by Gasteiger charge is 2.33. The molecule has 1 aromatic heterocycles. The van der Waals surface area contributed by atoms with E-state index in [1.807, 2.05) is 0 Å². The van der Waals surface area contributed by atoms with Gasteiger partial charge in [0.2, 0.25) is 5.91 Å². The highest BCUT2D eigenvalue weighted by molar-refractivity contribution is 9.10. The van der Waals surface area contributed by atoms with Crippen LogP contribution in [-0.4, -0.2) is 33.3 Å². The van der Waals surface area contributed by atoms with E-state index in [1.54, 1.807) is 4.90 Å². The van der Waals surface area contributed by atoms with Crippen LogP contribution in [0.1, 0.15) is 13.3 Å². The molecule has 0 spiro atoms. The van der Waals surface area contributed by atoms with Gasteiger partial charge in [0.1, 0.15) is 9.76 Å². The van der Waals surface area contributed by atoms with Gasteiger partial charge in [-0.05, 0) is 21.8 Å². The summed E-state index contributed by atoms with van der Waals surface area (Å²) in [6.07, 6.45) is 1.83. The Labute approximate surface area is 128 Å². The second kappa shape index (κ2) is 6.19. The second-order valence-corrected chi connectivity index (χ2v) is 6.52. The first-order valence-electron chi connectivity index (χ1n) is 5.59. The fraction of sp³-hybridized carbons (Fsp3) is 0.455. The molecular formula is C11H11BrClN3O2S. The van der Waals surface area contributed by atoms with Gasteiger partial charge in [-0.25, -0.2) is 9.97 Å². The van der Waals surface area contributed by atoms with E-state index in [0.717, 1.165) is 0 Å². The van der Waals surface area contributed by atoms with Crippen molar-refractivity contribution in [2.24, 2.45) is 5.92 Å². The topological polar surface area (TPSA) is 63.2 Å². The van der Waals surface area contributed by atoms with Gasteiger partial charge in [-0.2, -0.15) is 0 Å². The van der Waals surface area contributed by atoms with Crippen molar-refractivity contribution >= 4 is 56.1 Å². The summed E-state index contributed by atoms with van der Waals surface area (Å²) < 4.78 is 0.491. The zero-order valence-corrected chi connectivity index (χ0v) is 13.3. The molecule has 2 rings (SSSR count). The predicted octanol–water partition coefficient (Wildman–Crippen LogP) is 2.53. The highest BCUT2D eigenvalue weighted by atomic mass is 79.9. The summed E-state index contributed by atoms with van der Waals surface area (Å²) in [5.74, 6) is 1.21. The Bertz CT molecular complexity index is 529. The van der Waals surface area contributed by atoms with Crippen molar-refractivity contribution < 1.29 is 9.59 Å². The average molecular weight is 365 g/mol. The Morgan fingerprint density at radius 1 is 1.68 bits per heavy atom. The summed E-state index contributed by atoms with van der Waals surface area (Å²) in [4.78, 5) is 32.7. The molecule has 102 valence electrons. The minimum Gasteiger partial charge on any atom is -0.294 e. The van der Waals surface area contributed by atoms with Crippen LogP contribution in [0.5, 0.6) is 0 Å². The molecule has 19 heavy (non-hydrogen) atoms. The van der Waals surface area contributed by atoms with E-state index in [0.29, 0.717) is 29.1 Å². The number of anilines is 1. The molecule has 0 bridgehead atoms. The Kier molecular flexibility index (Phi) is 4.81. The van der Waals surface area contributed by atoms with E-state index in [9.17, 15) is 9.59 Å². The first-order valence-corrected chi connectivity index (χ1v) is 7.75. The molecule has 1 aliphatic rings. The first kappa shape index (κ1) is 14.7. The fourth-order valence-electron chi connectivity index (χ4n) is 1.85. The van der Waals surface area contributed by atoms with Crippen LogP contribution in [-0.2, 0) is 9.59 Å². The molecule has 1 atom stereocenters. The third-order valence-corrected chi connectivity index (χ3v) is 4.45. The molecule has 0 N–H and O–H groups in total. The maximum atomic E-state index is 12.0. The van der Waals surface area contributed by atoms with Gasteiger partial charge >= 0.3 is 0 Å². The van der Waals surface area contributed by atoms with Crippen LogP contribution in [0.25, 0.3) is 0 Å². The van der Waals surface area contributed by atoms with Gasteiger partial charge in [0.15, 0.2) is 10.9 Å². The standard InChI is InChI=1S/C11H11BrClN3O2S/c1-6(17)19-5-7-2-9(18)16(4-7)11-10(12)14-3-8(13)15-11/h3,7H,2,4-5H2,1H3. The third-order valence-electron chi connectivity index (χ3n) is 2.66. The molecule has 8 heteroatoms. The SMILES string of the molecule is CC(=O)SCC1CC(=O)N(c2nc(Cl)cnc2Br)C1. The number of halogens is 2. The number of amides is 1. The zero-order valence-electron chi connectivity index (χ0n) is 10.1. The van der Waals surface area contributed by atoms with Crippen LogP contribution in [0.4, 0.5) is 5.82 Å². The average Bonchev–Trinajstić information content (AvgIpc) is 2.71. The molecular weight excluding hydrogens is 354 g/mol. The lowest BCUT2D eigenvalue weighted by Crippen LogP contribution is -2.26. The zero-order chi connectivity index (χ0) is 14.0. The van der Waals surface area contributed by atoms with Crippen molar-refractivity contribution in [2.75, 3.05) is 17.2 Å². The van der Waals surface area contributed by atoms with Crippen LogP contribution in [0, 0.1) is 5.92 Å². The van der Waals surface area contributed by atoms with E-state index >= 15 is 0 Å². The van der Waals surface area contributed by atoms with E-state index in [4.69, 9.17) is 11.6 Å². The van der Waals surface area contributed by atoms with Gasteiger partial charge in [-0.15, -0.1) is 0 Å². The van der Waals surface area contributed by atoms with E-state index in [1.165, 1.54) is 24.9 Å². The van der Waals surface area contributed by atoms with E-state index in [-0.39, 0.29) is 22.1 Å². The van der Waals surface area contributed by atoms with Crippen LogP contribution in [0.2, 0.25) is 5.15 Å². The molecule has 0 aromatic carbocycles. The first-order chi connectivity index (χ1) is 8.97. The lowest BCUT2D eigenvalue weighted by molar-refractivity contribution is -0.117. The summed E-state index contributed by atoms with van der Waals surface area (Å²) in [6.45, 7) is 2.06. The molecule has 1 unspecified atom stereocenters. The molecule has 2 heterocycles. The van der Waals surface area contributed by atoms with Gasteiger partial charge in [0.05, 0.1) is 6.20 Å². The number of rotatable bonds is 3. The monoisotopic (exact) mass is 363 g/mol. The van der Waals surface area contributed by atoms with Gasteiger partial charge < -0.3 is 0 Å². The minimum atomic E-state index is -0.0218. The third kappa shape index (κ3) is 3.67. The number of carbonyl (C=O) groups excluding carboxylic acids is 2. The summed E-state index contributed by atoms with van der Waals surface area (Å²) in [6, 6.07) is 0. The summed E-state index contributed by atoms with van der Waals surface area (Å²) in [5.41, 5.74) is 0. The smallest absolute Gasteiger partial charge is 0.228 e. The summed E-state index contributed by atoms with van der Waals surface area (Å²) >= 11 is 10.3. The molecule has 1 fully saturated rings. The number of carbonyl (C=O) groups is 2. The fourth-order valence-corrected chi connectivity index (χ4v) is 3.08. The van der Waals surface area contributed by atoms with Crippen LogP contribution in [0.15, 0.2) is 10.8 Å². The molecule has 1 saturated heterocycles. The molecule has 0 saturated carbocycles. The van der Waals surface area contributed by atoms with Crippen molar-refractivity contribution in [3.63, 3.8) is 0 Å². The van der Waals surface area contributed by atoms with Gasteiger partial charge in [-0.1, -0.05) is 23.4 Å². The molecule has 5 nitrogen and oxygen atoms in total. The second-order valence-electron chi connectivity index (χ2n) is 4.18.